The number of carbonyl (C=O) groups excluding carboxylic acids is 1. The summed E-state index contributed by atoms with van der Waals surface area (Å²) < 4.78 is 0. The SMILES string of the molecule is CSc1ccc(Cl)c(C(=O)N(C)C2CCCCC2CN)c1. The Morgan fingerprint density at radius 3 is 2.81 bits per heavy atom. The summed E-state index contributed by atoms with van der Waals surface area (Å²) >= 11 is 7.83. The molecule has 0 aromatic heterocycles. The van der Waals surface area contributed by atoms with E-state index in [9.17, 15) is 4.79 Å². The van der Waals surface area contributed by atoms with Gasteiger partial charge in [-0.1, -0.05) is 24.4 Å². The molecule has 1 saturated carbocycles. The minimum absolute atomic E-state index is 0.00116. The van der Waals surface area contributed by atoms with Crippen LogP contribution in [0.1, 0.15) is 36.0 Å². The predicted molar refractivity (Wildman–Crippen MR) is 90.1 cm³/mol. The van der Waals surface area contributed by atoms with Gasteiger partial charge < -0.3 is 10.6 Å². The Morgan fingerprint density at radius 2 is 2.14 bits per heavy atom. The number of hydrogen-bond acceptors (Lipinski definition) is 3. The van der Waals surface area contributed by atoms with Crippen LogP contribution in [0.2, 0.25) is 5.02 Å². The maximum absolute atomic E-state index is 12.8. The first kappa shape index (κ1) is 16.7. The van der Waals surface area contributed by atoms with E-state index in [1.165, 1.54) is 6.42 Å². The van der Waals surface area contributed by atoms with Gasteiger partial charge in [0.25, 0.3) is 5.91 Å². The lowest BCUT2D eigenvalue weighted by molar-refractivity contribution is 0.0620. The van der Waals surface area contributed by atoms with E-state index >= 15 is 0 Å². The Kier molecular flexibility index (Phi) is 5.97. The molecule has 2 unspecified atom stereocenters. The van der Waals surface area contributed by atoms with E-state index in [-0.39, 0.29) is 11.9 Å². The topological polar surface area (TPSA) is 46.3 Å². The summed E-state index contributed by atoms with van der Waals surface area (Å²) in [5.41, 5.74) is 6.47. The second-order valence-electron chi connectivity index (χ2n) is 5.61. The summed E-state index contributed by atoms with van der Waals surface area (Å²) in [4.78, 5) is 15.7. The molecule has 0 aliphatic heterocycles. The van der Waals surface area contributed by atoms with Gasteiger partial charge in [-0.25, -0.2) is 0 Å². The molecule has 1 amide bonds. The van der Waals surface area contributed by atoms with Crippen LogP contribution in [0.25, 0.3) is 0 Å². The van der Waals surface area contributed by atoms with Crippen LogP contribution in [-0.4, -0.2) is 36.7 Å². The molecular weight excluding hydrogens is 304 g/mol. The van der Waals surface area contributed by atoms with E-state index in [0.29, 0.717) is 23.0 Å². The number of carbonyl (C=O) groups is 1. The number of benzene rings is 1. The maximum atomic E-state index is 12.8. The van der Waals surface area contributed by atoms with E-state index < -0.39 is 0 Å². The first-order valence-corrected chi connectivity index (χ1v) is 8.99. The molecular formula is C16H23ClN2OS. The molecule has 21 heavy (non-hydrogen) atoms. The summed E-state index contributed by atoms with van der Waals surface area (Å²) in [6.45, 7) is 0.640. The van der Waals surface area contributed by atoms with E-state index in [0.717, 1.165) is 24.2 Å². The number of nitrogens with two attached hydrogens (primary N) is 1. The Labute approximate surface area is 136 Å². The summed E-state index contributed by atoms with van der Waals surface area (Å²) in [6.07, 6.45) is 6.51. The van der Waals surface area contributed by atoms with Crippen LogP contribution in [0, 0.1) is 5.92 Å². The fourth-order valence-electron chi connectivity index (χ4n) is 3.11. The minimum atomic E-state index is 0.00116. The third-order valence-corrected chi connectivity index (χ3v) is 5.45. The van der Waals surface area contributed by atoms with Crippen LogP contribution < -0.4 is 5.73 Å². The van der Waals surface area contributed by atoms with Gasteiger partial charge in [0.05, 0.1) is 10.6 Å². The van der Waals surface area contributed by atoms with Gasteiger partial charge in [-0.2, -0.15) is 0 Å². The van der Waals surface area contributed by atoms with Crippen molar-refractivity contribution in [2.75, 3.05) is 19.8 Å². The van der Waals surface area contributed by atoms with Crippen molar-refractivity contribution in [1.29, 1.82) is 0 Å². The van der Waals surface area contributed by atoms with Gasteiger partial charge in [0.1, 0.15) is 0 Å². The highest BCUT2D eigenvalue weighted by Gasteiger charge is 2.31. The Morgan fingerprint density at radius 1 is 1.43 bits per heavy atom. The third-order valence-electron chi connectivity index (χ3n) is 4.39. The second kappa shape index (κ2) is 7.52. The molecule has 1 fully saturated rings. The van der Waals surface area contributed by atoms with Gasteiger partial charge in [0.15, 0.2) is 0 Å². The largest absolute Gasteiger partial charge is 0.338 e. The first-order chi connectivity index (χ1) is 10.1. The van der Waals surface area contributed by atoms with E-state index in [1.54, 1.807) is 17.8 Å². The van der Waals surface area contributed by atoms with Gasteiger partial charge in [0.2, 0.25) is 0 Å². The van der Waals surface area contributed by atoms with Crippen molar-refractivity contribution in [2.45, 2.75) is 36.6 Å². The highest BCUT2D eigenvalue weighted by Crippen LogP contribution is 2.30. The molecule has 0 bridgehead atoms. The zero-order valence-electron chi connectivity index (χ0n) is 12.6. The number of amides is 1. The maximum Gasteiger partial charge on any atom is 0.255 e. The smallest absolute Gasteiger partial charge is 0.255 e. The van der Waals surface area contributed by atoms with Gasteiger partial charge in [-0.3, -0.25) is 4.79 Å². The molecule has 2 rings (SSSR count). The summed E-state index contributed by atoms with van der Waals surface area (Å²) in [6, 6.07) is 5.85. The monoisotopic (exact) mass is 326 g/mol. The lowest BCUT2D eigenvalue weighted by Crippen LogP contribution is -2.46. The lowest BCUT2D eigenvalue weighted by Gasteiger charge is -2.37. The van der Waals surface area contributed by atoms with Crippen LogP contribution in [0.5, 0.6) is 0 Å². The quantitative estimate of drug-likeness (QED) is 0.859. The van der Waals surface area contributed by atoms with E-state index in [4.69, 9.17) is 17.3 Å². The van der Waals surface area contributed by atoms with Crippen molar-refractivity contribution < 1.29 is 4.79 Å². The number of hydrogen-bond donors (Lipinski definition) is 1. The van der Waals surface area contributed by atoms with Crippen molar-refractivity contribution in [2.24, 2.45) is 11.7 Å². The molecule has 1 aromatic rings. The van der Waals surface area contributed by atoms with Gasteiger partial charge in [-0.15, -0.1) is 11.8 Å². The zero-order valence-corrected chi connectivity index (χ0v) is 14.2. The predicted octanol–water partition coefficient (Wildman–Crippen LogP) is 3.65. The summed E-state index contributed by atoms with van der Waals surface area (Å²) in [5.74, 6) is 0.399. The molecule has 1 aromatic carbocycles. The third kappa shape index (κ3) is 3.74. The highest BCUT2D eigenvalue weighted by molar-refractivity contribution is 7.98. The van der Waals surface area contributed by atoms with Crippen molar-refractivity contribution in [3.63, 3.8) is 0 Å². The molecule has 116 valence electrons. The average molecular weight is 327 g/mol. The van der Waals surface area contributed by atoms with Crippen molar-refractivity contribution in [3.8, 4) is 0 Å². The summed E-state index contributed by atoms with van der Waals surface area (Å²) in [5, 5.41) is 0.518. The molecule has 2 atom stereocenters. The second-order valence-corrected chi connectivity index (χ2v) is 6.90. The van der Waals surface area contributed by atoms with E-state index in [2.05, 4.69) is 0 Å². The van der Waals surface area contributed by atoms with Crippen LogP contribution in [0.15, 0.2) is 23.1 Å². The highest BCUT2D eigenvalue weighted by atomic mass is 35.5. The van der Waals surface area contributed by atoms with Crippen LogP contribution in [0.4, 0.5) is 0 Å². The van der Waals surface area contributed by atoms with Gasteiger partial charge in [-0.05, 0) is 49.8 Å². The van der Waals surface area contributed by atoms with Crippen molar-refractivity contribution in [3.05, 3.63) is 28.8 Å². The van der Waals surface area contributed by atoms with Gasteiger partial charge in [0, 0.05) is 18.0 Å². The Balaban J connectivity index is 2.22. The van der Waals surface area contributed by atoms with Crippen LogP contribution in [0.3, 0.4) is 0 Å². The van der Waals surface area contributed by atoms with Crippen molar-refractivity contribution in [1.82, 2.24) is 4.90 Å². The molecule has 2 N–H and O–H groups in total. The zero-order chi connectivity index (χ0) is 15.4. The number of thioether (sulfide) groups is 1. The Hall–Kier alpha value is -0.710. The normalized spacial score (nSPS) is 22.1. The molecule has 1 aliphatic carbocycles. The standard InChI is InChI=1S/C16H23ClN2OS/c1-19(15-6-4-3-5-11(15)10-18)16(20)13-9-12(21-2)7-8-14(13)17/h7-9,11,15H,3-6,10,18H2,1-2H3. The molecule has 0 saturated heterocycles. The lowest BCUT2D eigenvalue weighted by atomic mass is 9.83. The van der Waals surface area contributed by atoms with Crippen LogP contribution >= 0.6 is 23.4 Å². The first-order valence-electron chi connectivity index (χ1n) is 7.39. The van der Waals surface area contributed by atoms with Crippen LogP contribution in [-0.2, 0) is 0 Å². The molecule has 1 aliphatic rings. The average Bonchev–Trinajstić information content (AvgIpc) is 2.54. The molecule has 5 heteroatoms. The minimum Gasteiger partial charge on any atom is -0.338 e. The fourth-order valence-corrected chi connectivity index (χ4v) is 3.75. The molecule has 0 radical (unpaired) electrons. The Bertz CT molecular complexity index is 509. The van der Waals surface area contributed by atoms with Crippen molar-refractivity contribution >= 4 is 29.3 Å². The molecule has 3 nitrogen and oxygen atoms in total. The molecule has 0 heterocycles. The molecule has 0 spiro atoms. The number of rotatable bonds is 4. The summed E-state index contributed by atoms with van der Waals surface area (Å²) in [7, 11) is 1.88. The van der Waals surface area contributed by atoms with Gasteiger partial charge >= 0.3 is 0 Å². The number of nitrogens with zero attached hydrogens (tertiary/aromatic N) is 1. The van der Waals surface area contributed by atoms with E-state index in [1.807, 2.05) is 30.3 Å². The number of halogens is 1. The fraction of sp³-hybridized carbons (Fsp3) is 0.562.